The molecule has 1 unspecified atom stereocenters. The van der Waals surface area contributed by atoms with Gasteiger partial charge in [0.25, 0.3) is 0 Å². The second-order valence-electron chi connectivity index (χ2n) is 6.86. The van der Waals surface area contributed by atoms with Crippen LogP contribution < -0.4 is 0 Å². The van der Waals surface area contributed by atoms with E-state index >= 15 is 0 Å². The summed E-state index contributed by atoms with van der Waals surface area (Å²) in [6.07, 6.45) is 1.67. The molecule has 0 heterocycles. The van der Waals surface area contributed by atoms with Gasteiger partial charge in [0.05, 0.1) is 12.3 Å². The maximum atomic E-state index is 12.4. The van der Waals surface area contributed by atoms with Crippen LogP contribution in [-0.4, -0.2) is 18.8 Å². The van der Waals surface area contributed by atoms with Gasteiger partial charge in [0.15, 0.2) is 0 Å². The monoisotopic (exact) mass is 401 g/mol. The minimum absolute atomic E-state index is 0.0520. The third-order valence-electron chi connectivity index (χ3n) is 3.83. The molecule has 2 aromatic rings. The van der Waals surface area contributed by atoms with E-state index in [2.05, 4.69) is 53.8 Å². The summed E-state index contributed by atoms with van der Waals surface area (Å²) in [6, 6.07) is 15.7. The van der Waals surface area contributed by atoms with E-state index in [1.165, 1.54) is 5.56 Å². The first-order valence-corrected chi connectivity index (χ1v) is 9.17. The zero-order valence-corrected chi connectivity index (χ0v) is 16.7. The van der Waals surface area contributed by atoms with Crippen molar-refractivity contribution in [1.82, 2.24) is 0 Å². The van der Waals surface area contributed by atoms with Crippen LogP contribution in [0.2, 0.25) is 0 Å². The van der Waals surface area contributed by atoms with Crippen LogP contribution in [0.5, 0.6) is 0 Å². The molecule has 0 aliphatic heterocycles. The molecular formula is C21H24BrNO2. The van der Waals surface area contributed by atoms with Crippen LogP contribution in [0.1, 0.15) is 44.7 Å². The SMILES string of the molecule is CCOC(=O)C(C=Nc1cccc(C(C)(C)C)c1)c1cccc(Br)c1. The molecule has 2 rings (SSSR count). The third kappa shape index (κ3) is 5.53. The van der Waals surface area contributed by atoms with Crippen LogP contribution in [0.4, 0.5) is 5.69 Å². The number of nitrogens with zero attached hydrogens (tertiary/aromatic N) is 1. The van der Waals surface area contributed by atoms with Crippen molar-refractivity contribution in [3.63, 3.8) is 0 Å². The molecule has 2 aromatic carbocycles. The molecule has 0 amide bonds. The maximum absolute atomic E-state index is 12.4. The Bertz CT molecular complexity index is 762. The van der Waals surface area contributed by atoms with Gasteiger partial charge in [-0.3, -0.25) is 9.79 Å². The van der Waals surface area contributed by atoms with Gasteiger partial charge < -0.3 is 4.74 Å². The van der Waals surface area contributed by atoms with Gasteiger partial charge in [-0.05, 0) is 47.7 Å². The van der Waals surface area contributed by atoms with Gasteiger partial charge in [-0.1, -0.05) is 61.0 Å². The van der Waals surface area contributed by atoms with Crippen LogP contribution in [0.3, 0.4) is 0 Å². The fourth-order valence-corrected chi connectivity index (χ4v) is 2.85. The lowest BCUT2D eigenvalue weighted by Gasteiger charge is -2.19. The van der Waals surface area contributed by atoms with Crippen LogP contribution in [0.15, 0.2) is 58.0 Å². The Morgan fingerprint density at radius 3 is 2.56 bits per heavy atom. The van der Waals surface area contributed by atoms with Crippen molar-refractivity contribution in [2.75, 3.05) is 6.61 Å². The topological polar surface area (TPSA) is 38.7 Å². The second-order valence-corrected chi connectivity index (χ2v) is 7.78. The number of benzene rings is 2. The minimum Gasteiger partial charge on any atom is -0.465 e. The Morgan fingerprint density at radius 1 is 1.20 bits per heavy atom. The number of aliphatic imine (C=N–C) groups is 1. The fraction of sp³-hybridized carbons (Fsp3) is 0.333. The summed E-state index contributed by atoms with van der Waals surface area (Å²) in [6.45, 7) is 8.65. The highest BCUT2D eigenvalue weighted by molar-refractivity contribution is 9.10. The molecule has 0 aliphatic carbocycles. The highest BCUT2D eigenvalue weighted by Gasteiger charge is 2.20. The number of hydrogen-bond donors (Lipinski definition) is 0. The molecule has 3 nitrogen and oxygen atoms in total. The predicted molar refractivity (Wildman–Crippen MR) is 107 cm³/mol. The lowest BCUT2D eigenvalue weighted by atomic mass is 9.87. The molecule has 0 saturated carbocycles. The molecule has 0 aliphatic rings. The van der Waals surface area contributed by atoms with Gasteiger partial charge in [0, 0.05) is 10.7 Å². The van der Waals surface area contributed by atoms with Gasteiger partial charge >= 0.3 is 5.97 Å². The van der Waals surface area contributed by atoms with Gasteiger partial charge in [-0.25, -0.2) is 0 Å². The van der Waals surface area contributed by atoms with Crippen LogP contribution in [0.25, 0.3) is 0 Å². The summed E-state index contributed by atoms with van der Waals surface area (Å²) in [4.78, 5) is 16.9. The Hall–Kier alpha value is -1.94. The Labute approximate surface area is 158 Å². The lowest BCUT2D eigenvalue weighted by molar-refractivity contribution is -0.143. The standard InChI is InChI=1S/C21H24BrNO2/c1-5-25-20(24)19(15-8-6-10-17(22)12-15)14-23-18-11-7-9-16(13-18)21(2,3)4/h6-14,19H,5H2,1-4H3. The first-order valence-electron chi connectivity index (χ1n) is 8.38. The summed E-state index contributed by atoms with van der Waals surface area (Å²) < 4.78 is 6.14. The zero-order valence-electron chi connectivity index (χ0n) is 15.1. The molecule has 1 atom stereocenters. The summed E-state index contributed by atoms with van der Waals surface area (Å²) in [7, 11) is 0. The van der Waals surface area contributed by atoms with Crippen molar-refractivity contribution in [3.8, 4) is 0 Å². The summed E-state index contributed by atoms with van der Waals surface area (Å²) in [5, 5.41) is 0. The fourth-order valence-electron chi connectivity index (χ4n) is 2.43. The van der Waals surface area contributed by atoms with Gasteiger partial charge in [-0.2, -0.15) is 0 Å². The number of hydrogen-bond acceptors (Lipinski definition) is 3. The molecule has 25 heavy (non-hydrogen) atoms. The van der Waals surface area contributed by atoms with E-state index in [0.29, 0.717) is 6.61 Å². The quantitative estimate of drug-likeness (QED) is 0.469. The molecule has 0 N–H and O–H groups in total. The highest BCUT2D eigenvalue weighted by Crippen LogP contribution is 2.27. The Balaban J connectivity index is 2.33. The van der Waals surface area contributed by atoms with E-state index in [1.54, 1.807) is 13.1 Å². The Kier molecular flexibility index (Phi) is 6.54. The van der Waals surface area contributed by atoms with E-state index in [1.807, 2.05) is 36.4 Å². The molecule has 132 valence electrons. The van der Waals surface area contributed by atoms with E-state index in [9.17, 15) is 4.79 Å². The van der Waals surface area contributed by atoms with Gasteiger partial charge in [0.1, 0.15) is 5.92 Å². The number of halogens is 1. The second kappa shape index (κ2) is 8.43. The predicted octanol–water partition coefficient (Wildman–Crippen LogP) is 5.80. The number of carbonyl (C=O) groups is 1. The molecular weight excluding hydrogens is 378 g/mol. The maximum Gasteiger partial charge on any atom is 0.318 e. The van der Waals surface area contributed by atoms with E-state index in [0.717, 1.165) is 15.7 Å². The van der Waals surface area contributed by atoms with E-state index in [-0.39, 0.29) is 11.4 Å². The molecule has 0 bridgehead atoms. The van der Waals surface area contributed by atoms with Gasteiger partial charge in [0.2, 0.25) is 0 Å². The summed E-state index contributed by atoms with van der Waals surface area (Å²) in [5.41, 5.74) is 2.94. The normalized spacial score (nSPS) is 13.0. The molecule has 0 saturated heterocycles. The molecule has 4 heteroatoms. The number of esters is 1. The van der Waals surface area contributed by atoms with Crippen LogP contribution in [-0.2, 0) is 14.9 Å². The highest BCUT2D eigenvalue weighted by atomic mass is 79.9. The zero-order chi connectivity index (χ0) is 18.4. The number of carbonyl (C=O) groups excluding carboxylic acids is 1. The number of ether oxygens (including phenoxy) is 1. The van der Waals surface area contributed by atoms with Crippen molar-refractivity contribution >= 4 is 33.8 Å². The van der Waals surface area contributed by atoms with Crippen LogP contribution in [0, 0.1) is 0 Å². The first-order chi connectivity index (χ1) is 11.8. The third-order valence-corrected chi connectivity index (χ3v) is 4.33. The molecule has 0 fully saturated rings. The van der Waals surface area contributed by atoms with Crippen molar-refractivity contribution < 1.29 is 9.53 Å². The van der Waals surface area contributed by atoms with Gasteiger partial charge in [-0.15, -0.1) is 0 Å². The van der Waals surface area contributed by atoms with Crippen molar-refractivity contribution in [1.29, 1.82) is 0 Å². The largest absolute Gasteiger partial charge is 0.465 e. The average molecular weight is 402 g/mol. The number of rotatable bonds is 5. The first kappa shape index (κ1) is 19.4. The molecule has 0 aromatic heterocycles. The van der Waals surface area contributed by atoms with Crippen LogP contribution >= 0.6 is 15.9 Å². The summed E-state index contributed by atoms with van der Waals surface area (Å²) in [5.74, 6) is -0.827. The molecule has 0 spiro atoms. The van der Waals surface area contributed by atoms with E-state index in [4.69, 9.17) is 4.74 Å². The van der Waals surface area contributed by atoms with Crippen molar-refractivity contribution in [2.45, 2.75) is 39.0 Å². The minimum atomic E-state index is -0.532. The van der Waals surface area contributed by atoms with Crippen molar-refractivity contribution in [2.24, 2.45) is 4.99 Å². The Morgan fingerprint density at radius 2 is 1.92 bits per heavy atom. The average Bonchev–Trinajstić information content (AvgIpc) is 2.55. The van der Waals surface area contributed by atoms with Crippen molar-refractivity contribution in [3.05, 3.63) is 64.1 Å². The molecule has 0 radical (unpaired) electrons. The smallest absolute Gasteiger partial charge is 0.318 e. The van der Waals surface area contributed by atoms with E-state index < -0.39 is 5.92 Å². The lowest BCUT2D eigenvalue weighted by Crippen LogP contribution is -2.17. The summed E-state index contributed by atoms with van der Waals surface area (Å²) >= 11 is 3.45.